The first-order valence-electron chi connectivity index (χ1n) is 6.40. The van der Waals surface area contributed by atoms with Crippen molar-refractivity contribution in [2.75, 3.05) is 18.1 Å². The minimum Gasteiger partial charge on any atom is -0.363 e. The summed E-state index contributed by atoms with van der Waals surface area (Å²) < 4.78 is 26.4. The average Bonchev–Trinajstić information content (AvgIpc) is 2.60. The predicted octanol–water partition coefficient (Wildman–Crippen LogP) is 0.630. The van der Waals surface area contributed by atoms with Gasteiger partial charge in [-0.05, 0) is 20.3 Å². The number of aromatic nitrogens is 2. The lowest BCUT2D eigenvalue weighted by molar-refractivity contribution is -0.384. The van der Waals surface area contributed by atoms with E-state index in [0.29, 0.717) is 12.1 Å². The Morgan fingerprint density at radius 3 is 2.43 bits per heavy atom. The quantitative estimate of drug-likeness (QED) is 0.562. The molecule has 120 valence electrons. The van der Waals surface area contributed by atoms with Gasteiger partial charge in [-0.15, -0.1) is 0 Å². The summed E-state index contributed by atoms with van der Waals surface area (Å²) in [5.41, 5.74) is -0.480. The highest BCUT2D eigenvalue weighted by Gasteiger charge is 2.28. The lowest BCUT2D eigenvalue weighted by atomic mass is 10.1. The van der Waals surface area contributed by atoms with Crippen molar-refractivity contribution in [3.63, 3.8) is 0 Å². The Balaban J connectivity index is 2.99. The fraction of sp³-hybridized carbons (Fsp3) is 0.727. The van der Waals surface area contributed by atoms with Crippen LogP contribution in [0, 0.1) is 10.1 Å². The van der Waals surface area contributed by atoms with E-state index in [1.807, 2.05) is 0 Å². The van der Waals surface area contributed by atoms with E-state index in [1.54, 1.807) is 27.8 Å². The van der Waals surface area contributed by atoms with Gasteiger partial charge in [0.1, 0.15) is 5.69 Å². The molecule has 1 rings (SSSR count). The molecule has 0 aromatic carbocycles. The number of hydrogen-bond donors (Lipinski definition) is 2. The fourth-order valence-electron chi connectivity index (χ4n) is 2.04. The molecule has 1 aromatic rings. The molecule has 0 saturated carbocycles. The molecule has 0 radical (unpaired) electrons. The summed E-state index contributed by atoms with van der Waals surface area (Å²) in [7, 11) is -1.77. The lowest BCUT2D eigenvalue weighted by Crippen LogP contribution is -2.48. The molecular weight excluding hydrogens is 298 g/mol. The van der Waals surface area contributed by atoms with Crippen molar-refractivity contribution in [3.05, 3.63) is 15.8 Å². The average molecular weight is 319 g/mol. The van der Waals surface area contributed by atoms with Crippen molar-refractivity contribution in [2.45, 2.75) is 32.7 Å². The van der Waals surface area contributed by atoms with E-state index in [9.17, 15) is 18.5 Å². The molecule has 0 amide bonds. The molecule has 1 aromatic heterocycles. The fourth-order valence-corrected chi connectivity index (χ4v) is 3.12. The molecular formula is C11H21N5O4S. The second kappa shape index (κ2) is 5.98. The van der Waals surface area contributed by atoms with Crippen LogP contribution < -0.4 is 10.0 Å². The number of nitro groups is 1. The monoisotopic (exact) mass is 319 g/mol. The summed E-state index contributed by atoms with van der Waals surface area (Å²) in [4.78, 5) is 10.7. The number of aryl methyl sites for hydroxylation is 2. The van der Waals surface area contributed by atoms with E-state index in [0.717, 1.165) is 6.26 Å². The molecule has 0 aliphatic rings. The highest BCUT2D eigenvalue weighted by atomic mass is 32.2. The number of hydrogen-bond acceptors (Lipinski definition) is 6. The third-order valence-electron chi connectivity index (χ3n) is 2.77. The second-order valence-electron chi connectivity index (χ2n) is 5.49. The first kappa shape index (κ1) is 17.4. The second-order valence-corrected chi connectivity index (χ2v) is 7.24. The molecule has 1 heterocycles. The van der Waals surface area contributed by atoms with E-state index in [2.05, 4.69) is 15.1 Å². The minimum atomic E-state index is -3.37. The van der Waals surface area contributed by atoms with E-state index in [1.165, 1.54) is 4.68 Å². The largest absolute Gasteiger partial charge is 0.363 e. The van der Waals surface area contributed by atoms with Crippen molar-refractivity contribution in [2.24, 2.45) is 7.05 Å². The van der Waals surface area contributed by atoms with Crippen LogP contribution >= 0.6 is 0 Å². The maximum atomic E-state index is 11.3. The Bertz CT molecular complexity index is 635. The minimum absolute atomic E-state index is 0.0739. The third kappa shape index (κ3) is 4.67. The van der Waals surface area contributed by atoms with Gasteiger partial charge in [-0.25, -0.2) is 17.8 Å². The van der Waals surface area contributed by atoms with Crippen LogP contribution in [0.15, 0.2) is 0 Å². The van der Waals surface area contributed by atoms with Crippen molar-refractivity contribution >= 4 is 21.5 Å². The molecule has 2 N–H and O–H groups in total. The predicted molar refractivity (Wildman–Crippen MR) is 79.8 cm³/mol. The van der Waals surface area contributed by atoms with Gasteiger partial charge >= 0.3 is 5.69 Å². The Morgan fingerprint density at radius 2 is 2.00 bits per heavy atom. The van der Waals surface area contributed by atoms with Gasteiger partial charge in [0, 0.05) is 19.1 Å². The highest BCUT2D eigenvalue weighted by Crippen LogP contribution is 2.28. The van der Waals surface area contributed by atoms with Crippen LogP contribution in [-0.4, -0.2) is 41.5 Å². The van der Waals surface area contributed by atoms with Gasteiger partial charge in [0.2, 0.25) is 15.8 Å². The van der Waals surface area contributed by atoms with Crippen LogP contribution in [0.1, 0.15) is 26.5 Å². The zero-order valence-corrected chi connectivity index (χ0v) is 13.6. The first-order chi connectivity index (χ1) is 9.47. The van der Waals surface area contributed by atoms with Crippen molar-refractivity contribution in [3.8, 4) is 0 Å². The molecule has 0 atom stereocenters. The summed E-state index contributed by atoms with van der Waals surface area (Å²) in [5.74, 6) is 0.264. The highest BCUT2D eigenvalue weighted by molar-refractivity contribution is 7.88. The van der Waals surface area contributed by atoms with Crippen LogP contribution in [0.4, 0.5) is 11.5 Å². The number of sulfonamides is 1. The summed E-state index contributed by atoms with van der Waals surface area (Å²) in [5, 5.41) is 18.2. The van der Waals surface area contributed by atoms with Crippen LogP contribution in [0.5, 0.6) is 0 Å². The molecule has 0 aliphatic carbocycles. The molecule has 0 fully saturated rings. The maximum Gasteiger partial charge on any atom is 0.333 e. The molecule has 21 heavy (non-hydrogen) atoms. The normalized spacial score (nSPS) is 12.4. The number of nitrogens with zero attached hydrogens (tertiary/aromatic N) is 3. The van der Waals surface area contributed by atoms with E-state index in [4.69, 9.17) is 0 Å². The van der Waals surface area contributed by atoms with Gasteiger partial charge in [0.05, 0.1) is 11.2 Å². The zero-order valence-electron chi connectivity index (χ0n) is 12.8. The topological polar surface area (TPSA) is 119 Å². The molecule has 0 bridgehead atoms. The molecule has 0 aliphatic heterocycles. The summed E-state index contributed by atoms with van der Waals surface area (Å²) >= 11 is 0. The van der Waals surface area contributed by atoms with Crippen molar-refractivity contribution in [1.29, 1.82) is 0 Å². The lowest BCUT2D eigenvalue weighted by Gasteiger charge is -2.25. The van der Waals surface area contributed by atoms with E-state index < -0.39 is 20.5 Å². The Morgan fingerprint density at radius 1 is 1.43 bits per heavy atom. The molecule has 10 heteroatoms. The Kier molecular flexibility index (Phi) is 4.95. The zero-order chi connectivity index (χ0) is 16.4. The van der Waals surface area contributed by atoms with Gasteiger partial charge in [0.25, 0.3) is 0 Å². The summed E-state index contributed by atoms with van der Waals surface area (Å²) in [6.45, 7) is 5.34. The summed E-state index contributed by atoms with van der Waals surface area (Å²) in [6, 6.07) is 0. The molecule has 0 unspecified atom stereocenters. The number of rotatable bonds is 7. The number of anilines is 1. The SMILES string of the molecule is CCc1nn(C)c(NCC(C)(C)NS(C)(=O)=O)c1[N+](=O)[O-]. The molecule has 0 spiro atoms. The van der Waals surface area contributed by atoms with E-state index in [-0.39, 0.29) is 18.1 Å². The van der Waals surface area contributed by atoms with Crippen LogP contribution in [-0.2, 0) is 23.5 Å². The van der Waals surface area contributed by atoms with Crippen LogP contribution in [0.2, 0.25) is 0 Å². The van der Waals surface area contributed by atoms with Crippen LogP contribution in [0.3, 0.4) is 0 Å². The van der Waals surface area contributed by atoms with Gasteiger partial charge in [0.15, 0.2) is 0 Å². The van der Waals surface area contributed by atoms with Gasteiger partial charge in [-0.1, -0.05) is 6.92 Å². The van der Waals surface area contributed by atoms with E-state index >= 15 is 0 Å². The smallest absolute Gasteiger partial charge is 0.333 e. The summed E-state index contributed by atoms with van der Waals surface area (Å²) in [6.07, 6.45) is 1.51. The van der Waals surface area contributed by atoms with Crippen molar-refractivity contribution < 1.29 is 13.3 Å². The molecule has 0 saturated heterocycles. The molecule has 9 nitrogen and oxygen atoms in total. The Hall–Kier alpha value is -1.68. The van der Waals surface area contributed by atoms with Gasteiger partial charge in [-0.2, -0.15) is 5.10 Å². The van der Waals surface area contributed by atoms with Crippen molar-refractivity contribution in [1.82, 2.24) is 14.5 Å². The van der Waals surface area contributed by atoms with Crippen LogP contribution in [0.25, 0.3) is 0 Å². The standard InChI is InChI=1S/C11H21N5O4S/c1-6-8-9(16(17)18)10(15(4)13-8)12-7-11(2,3)14-21(5,19)20/h12,14H,6-7H2,1-5H3. The van der Waals surface area contributed by atoms with Gasteiger partial charge < -0.3 is 5.32 Å². The maximum absolute atomic E-state index is 11.3. The first-order valence-corrected chi connectivity index (χ1v) is 8.29. The number of nitrogens with one attached hydrogen (secondary N) is 2. The van der Waals surface area contributed by atoms with Gasteiger partial charge in [-0.3, -0.25) is 10.1 Å². The third-order valence-corrected chi connectivity index (χ3v) is 3.69. The Labute approximate surface area is 123 Å².